The lowest BCUT2D eigenvalue weighted by atomic mass is 9.88. The molecular formula is C10H11ClIN. The minimum Gasteiger partial charge on any atom is -0.324 e. The van der Waals surface area contributed by atoms with Gasteiger partial charge in [0.15, 0.2) is 0 Å². The summed E-state index contributed by atoms with van der Waals surface area (Å²) in [4.78, 5) is 0. The Balaban J connectivity index is 2.60. The Bertz CT molecular complexity index is 338. The highest BCUT2D eigenvalue weighted by molar-refractivity contribution is 14.1. The van der Waals surface area contributed by atoms with Crippen molar-refractivity contribution in [3.05, 3.63) is 31.9 Å². The molecule has 3 heteroatoms. The zero-order chi connectivity index (χ0) is 9.42. The maximum atomic E-state index is 6.12. The first-order chi connectivity index (χ1) is 6.20. The predicted molar refractivity (Wildman–Crippen MR) is 64.0 cm³/mol. The van der Waals surface area contributed by atoms with Crippen LogP contribution in [0.5, 0.6) is 0 Å². The quantitative estimate of drug-likeness (QED) is 0.731. The molecule has 1 aliphatic rings. The first-order valence-electron chi connectivity index (χ1n) is 4.42. The maximum Gasteiger partial charge on any atom is 0.0442 e. The van der Waals surface area contributed by atoms with Crippen molar-refractivity contribution in [1.29, 1.82) is 0 Å². The fourth-order valence-electron chi connectivity index (χ4n) is 1.91. The first kappa shape index (κ1) is 9.74. The topological polar surface area (TPSA) is 26.0 Å². The lowest BCUT2D eigenvalue weighted by Gasteiger charge is -2.24. The fraction of sp³-hybridized carbons (Fsp3) is 0.400. The number of halogens is 2. The fourth-order valence-corrected chi connectivity index (χ4v) is 3.07. The van der Waals surface area contributed by atoms with Gasteiger partial charge in [0.05, 0.1) is 0 Å². The third kappa shape index (κ3) is 1.72. The SMILES string of the molecule is N[C@@H]1CCCc2c(Cl)ccc(I)c21. The smallest absolute Gasteiger partial charge is 0.0442 e. The van der Waals surface area contributed by atoms with Gasteiger partial charge in [-0.05, 0) is 65.1 Å². The van der Waals surface area contributed by atoms with Crippen LogP contribution in [0.4, 0.5) is 0 Å². The van der Waals surface area contributed by atoms with Crippen molar-refractivity contribution >= 4 is 34.2 Å². The van der Waals surface area contributed by atoms with Gasteiger partial charge in [-0.2, -0.15) is 0 Å². The van der Waals surface area contributed by atoms with E-state index in [0.717, 1.165) is 24.3 Å². The van der Waals surface area contributed by atoms with E-state index in [1.165, 1.54) is 14.7 Å². The van der Waals surface area contributed by atoms with Crippen LogP contribution in [-0.4, -0.2) is 0 Å². The standard InChI is InChI=1S/C10H11ClIN/c11-7-4-5-8(12)10-6(7)2-1-3-9(10)13/h4-5,9H,1-3,13H2/t9-/m1/s1. The molecule has 0 aromatic heterocycles. The normalized spacial score (nSPS) is 21.3. The molecule has 0 bridgehead atoms. The first-order valence-corrected chi connectivity index (χ1v) is 5.88. The van der Waals surface area contributed by atoms with E-state index in [0.29, 0.717) is 0 Å². The molecule has 0 aliphatic heterocycles. The van der Waals surface area contributed by atoms with Gasteiger partial charge in [0.2, 0.25) is 0 Å². The van der Waals surface area contributed by atoms with Gasteiger partial charge in [0.1, 0.15) is 0 Å². The molecule has 1 atom stereocenters. The van der Waals surface area contributed by atoms with Crippen LogP contribution in [0.2, 0.25) is 5.02 Å². The van der Waals surface area contributed by atoms with Gasteiger partial charge in [-0.25, -0.2) is 0 Å². The zero-order valence-electron chi connectivity index (χ0n) is 7.19. The average molecular weight is 308 g/mol. The third-order valence-electron chi connectivity index (χ3n) is 2.56. The minimum absolute atomic E-state index is 0.189. The van der Waals surface area contributed by atoms with Crippen LogP contribution in [0.1, 0.15) is 30.0 Å². The molecule has 0 fully saturated rings. The second-order valence-electron chi connectivity index (χ2n) is 3.42. The molecule has 0 heterocycles. The Kier molecular flexibility index (Phi) is 2.81. The van der Waals surface area contributed by atoms with Crippen molar-refractivity contribution < 1.29 is 0 Å². The summed E-state index contributed by atoms with van der Waals surface area (Å²) < 4.78 is 1.25. The molecule has 0 amide bonds. The highest BCUT2D eigenvalue weighted by Gasteiger charge is 2.21. The predicted octanol–water partition coefficient (Wildman–Crippen LogP) is 3.28. The van der Waals surface area contributed by atoms with Crippen molar-refractivity contribution in [2.75, 3.05) is 0 Å². The Morgan fingerprint density at radius 3 is 2.92 bits per heavy atom. The molecule has 1 aliphatic carbocycles. The lowest BCUT2D eigenvalue weighted by Crippen LogP contribution is -2.19. The number of hydrogen-bond acceptors (Lipinski definition) is 1. The van der Waals surface area contributed by atoms with Gasteiger partial charge in [0, 0.05) is 14.6 Å². The van der Waals surface area contributed by atoms with Gasteiger partial charge in [-0.15, -0.1) is 0 Å². The summed E-state index contributed by atoms with van der Waals surface area (Å²) in [6, 6.07) is 4.21. The van der Waals surface area contributed by atoms with E-state index in [1.807, 2.05) is 12.1 Å². The van der Waals surface area contributed by atoms with Gasteiger partial charge in [-0.1, -0.05) is 11.6 Å². The number of nitrogens with two attached hydrogens (primary N) is 1. The van der Waals surface area contributed by atoms with Crippen LogP contribution in [0, 0.1) is 3.57 Å². The highest BCUT2D eigenvalue weighted by Crippen LogP contribution is 2.35. The van der Waals surface area contributed by atoms with Crippen LogP contribution < -0.4 is 5.73 Å². The maximum absolute atomic E-state index is 6.12. The Morgan fingerprint density at radius 1 is 1.46 bits per heavy atom. The van der Waals surface area contributed by atoms with Crippen LogP contribution in [0.3, 0.4) is 0 Å². The summed E-state index contributed by atoms with van der Waals surface area (Å²) >= 11 is 8.46. The molecule has 0 saturated heterocycles. The summed E-state index contributed by atoms with van der Waals surface area (Å²) in [5.41, 5.74) is 8.60. The van der Waals surface area contributed by atoms with E-state index >= 15 is 0 Å². The molecule has 0 radical (unpaired) electrons. The minimum atomic E-state index is 0.189. The van der Waals surface area contributed by atoms with Crippen molar-refractivity contribution in [2.45, 2.75) is 25.3 Å². The van der Waals surface area contributed by atoms with Crippen molar-refractivity contribution in [1.82, 2.24) is 0 Å². The van der Waals surface area contributed by atoms with Gasteiger partial charge in [-0.3, -0.25) is 0 Å². The molecule has 0 saturated carbocycles. The van der Waals surface area contributed by atoms with E-state index in [1.54, 1.807) is 0 Å². The number of rotatable bonds is 0. The summed E-state index contributed by atoms with van der Waals surface area (Å²) in [5.74, 6) is 0. The van der Waals surface area contributed by atoms with Crippen molar-refractivity contribution in [2.24, 2.45) is 5.73 Å². The number of hydrogen-bond donors (Lipinski definition) is 1. The van der Waals surface area contributed by atoms with E-state index < -0.39 is 0 Å². The van der Waals surface area contributed by atoms with E-state index in [9.17, 15) is 0 Å². The van der Waals surface area contributed by atoms with Crippen LogP contribution in [0.15, 0.2) is 12.1 Å². The monoisotopic (exact) mass is 307 g/mol. The highest BCUT2D eigenvalue weighted by atomic mass is 127. The summed E-state index contributed by atoms with van der Waals surface area (Å²) in [6.07, 6.45) is 3.33. The van der Waals surface area contributed by atoms with Gasteiger partial charge < -0.3 is 5.73 Å². The lowest BCUT2D eigenvalue weighted by molar-refractivity contribution is 0.568. The van der Waals surface area contributed by atoms with Gasteiger partial charge in [0.25, 0.3) is 0 Å². The molecule has 0 unspecified atom stereocenters. The molecule has 1 aromatic rings. The third-order valence-corrected chi connectivity index (χ3v) is 3.85. The second-order valence-corrected chi connectivity index (χ2v) is 4.99. The molecule has 1 nitrogen and oxygen atoms in total. The molecule has 13 heavy (non-hydrogen) atoms. The second kappa shape index (κ2) is 3.75. The van der Waals surface area contributed by atoms with Crippen molar-refractivity contribution in [3.63, 3.8) is 0 Å². The molecule has 1 aromatic carbocycles. The van der Waals surface area contributed by atoms with Crippen LogP contribution in [0.25, 0.3) is 0 Å². The molecule has 70 valence electrons. The van der Waals surface area contributed by atoms with Crippen molar-refractivity contribution in [3.8, 4) is 0 Å². The number of fused-ring (bicyclic) bond motifs is 1. The molecular weight excluding hydrogens is 296 g/mol. The van der Waals surface area contributed by atoms with E-state index in [-0.39, 0.29) is 6.04 Å². The van der Waals surface area contributed by atoms with Crippen LogP contribution in [-0.2, 0) is 6.42 Å². The Labute approximate surface area is 96.8 Å². The largest absolute Gasteiger partial charge is 0.324 e. The Hall–Kier alpha value is 0.200. The number of benzene rings is 1. The van der Waals surface area contributed by atoms with Crippen LogP contribution >= 0.6 is 34.2 Å². The molecule has 0 spiro atoms. The summed E-state index contributed by atoms with van der Waals surface area (Å²) in [6.45, 7) is 0. The van der Waals surface area contributed by atoms with Gasteiger partial charge >= 0.3 is 0 Å². The van der Waals surface area contributed by atoms with E-state index in [4.69, 9.17) is 17.3 Å². The average Bonchev–Trinajstić information content (AvgIpc) is 2.12. The summed E-state index contributed by atoms with van der Waals surface area (Å²) in [5, 5.41) is 0.880. The molecule has 2 N–H and O–H groups in total. The molecule has 2 rings (SSSR count). The van der Waals surface area contributed by atoms with E-state index in [2.05, 4.69) is 22.6 Å². The Morgan fingerprint density at radius 2 is 2.23 bits per heavy atom. The summed E-state index contributed by atoms with van der Waals surface area (Å²) in [7, 11) is 0. The zero-order valence-corrected chi connectivity index (χ0v) is 10.1.